The number of hydrogen-bond acceptors (Lipinski definition) is 11. The minimum atomic E-state index is -1.88. The Bertz CT molecular complexity index is 685. The van der Waals surface area contributed by atoms with Crippen molar-refractivity contribution in [1.82, 2.24) is 44.9 Å². The molecular weight excluding hydrogens is 277 g/mol. The van der Waals surface area contributed by atoms with Gasteiger partial charge in [-0.3, -0.25) is 0 Å². The van der Waals surface area contributed by atoms with Crippen molar-refractivity contribution in [2.45, 2.75) is 0 Å². The zero-order chi connectivity index (χ0) is 14.7. The van der Waals surface area contributed by atoms with E-state index in [0.717, 1.165) is 0 Å². The molecule has 0 saturated carbocycles. The maximum Gasteiger partial charge on any atom is 0.528 e. The van der Waals surface area contributed by atoms with Crippen LogP contribution in [-0.4, -0.2) is 62.0 Å². The average molecular weight is 283 g/mol. The minimum Gasteiger partial charge on any atom is -0.421 e. The fraction of sp³-hybridized carbons (Fsp3) is 0. The molecule has 3 aromatic rings. The van der Waals surface area contributed by atoms with Crippen LogP contribution in [0.15, 0.2) is 25.3 Å². The van der Waals surface area contributed by atoms with Crippen LogP contribution in [-0.2, 0) is 0 Å². The second-order valence-electron chi connectivity index (χ2n) is 3.64. The van der Waals surface area contributed by atoms with E-state index in [0.29, 0.717) is 0 Å². The summed E-state index contributed by atoms with van der Waals surface area (Å²) in [5.74, 6) is 0.408. The molecule has 12 heteroatoms. The fourth-order valence-corrected chi connectivity index (χ4v) is 1.42. The van der Waals surface area contributed by atoms with E-state index in [-0.39, 0.29) is 29.0 Å². The predicted octanol–water partition coefficient (Wildman–Crippen LogP) is -2.74. The Hall–Kier alpha value is -2.99. The van der Waals surface area contributed by atoms with Crippen molar-refractivity contribution in [3.8, 4) is 23.3 Å². The molecule has 3 aromatic heterocycles. The van der Waals surface area contributed by atoms with Crippen molar-refractivity contribution in [1.29, 1.82) is 0 Å². The van der Waals surface area contributed by atoms with Gasteiger partial charge in [-0.05, 0) is 0 Å². The van der Waals surface area contributed by atoms with Gasteiger partial charge in [0, 0.05) is 0 Å². The number of nitrogens with zero attached hydrogens (tertiary/aromatic N) is 9. The second kappa shape index (κ2) is 5.56. The SMILES string of the molecule is OB(O)c1nc(-c2ncncn2)nc(-c2ncncn2)n1. The summed E-state index contributed by atoms with van der Waals surface area (Å²) in [5.41, 5.74) is -0.268. The summed E-state index contributed by atoms with van der Waals surface area (Å²) in [4.78, 5) is 34.8. The van der Waals surface area contributed by atoms with Crippen molar-refractivity contribution in [2.75, 3.05) is 0 Å². The van der Waals surface area contributed by atoms with Crippen LogP contribution >= 0.6 is 0 Å². The smallest absolute Gasteiger partial charge is 0.421 e. The maximum atomic E-state index is 9.26. The van der Waals surface area contributed by atoms with Crippen molar-refractivity contribution >= 4 is 12.8 Å². The molecular formula is C9H6BN9O2. The van der Waals surface area contributed by atoms with E-state index in [9.17, 15) is 10.0 Å². The Labute approximate surface area is 117 Å². The normalized spacial score (nSPS) is 10.4. The lowest BCUT2D eigenvalue weighted by molar-refractivity contribution is 0.422. The highest BCUT2D eigenvalue weighted by Gasteiger charge is 2.21. The highest BCUT2D eigenvalue weighted by atomic mass is 16.4. The van der Waals surface area contributed by atoms with Crippen LogP contribution in [0.5, 0.6) is 0 Å². The van der Waals surface area contributed by atoms with Crippen molar-refractivity contribution in [3.05, 3.63) is 25.3 Å². The zero-order valence-corrected chi connectivity index (χ0v) is 10.3. The number of hydrogen-bond donors (Lipinski definition) is 2. The summed E-state index contributed by atoms with van der Waals surface area (Å²) in [6, 6.07) is 0. The molecule has 0 saturated heterocycles. The van der Waals surface area contributed by atoms with Crippen molar-refractivity contribution in [3.63, 3.8) is 0 Å². The summed E-state index contributed by atoms with van der Waals surface area (Å²) in [6.45, 7) is 0. The van der Waals surface area contributed by atoms with Gasteiger partial charge in [-0.1, -0.05) is 0 Å². The molecule has 0 amide bonds. The summed E-state index contributed by atoms with van der Waals surface area (Å²) < 4.78 is 0. The van der Waals surface area contributed by atoms with Gasteiger partial charge < -0.3 is 10.0 Å². The third-order valence-corrected chi connectivity index (χ3v) is 2.27. The van der Waals surface area contributed by atoms with Crippen LogP contribution in [0, 0.1) is 0 Å². The van der Waals surface area contributed by atoms with Crippen LogP contribution in [0.2, 0.25) is 0 Å². The molecule has 0 fully saturated rings. The van der Waals surface area contributed by atoms with Gasteiger partial charge in [0.15, 0.2) is 5.72 Å². The van der Waals surface area contributed by atoms with Crippen LogP contribution in [0.1, 0.15) is 0 Å². The molecule has 0 unspecified atom stereocenters. The Kier molecular flexibility index (Phi) is 3.45. The van der Waals surface area contributed by atoms with Crippen LogP contribution in [0.4, 0.5) is 0 Å². The highest BCUT2D eigenvalue weighted by Crippen LogP contribution is 2.10. The van der Waals surface area contributed by atoms with Gasteiger partial charge in [-0.2, -0.15) is 0 Å². The Morgan fingerprint density at radius 2 is 1.05 bits per heavy atom. The molecule has 3 rings (SSSR count). The third kappa shape index (κ3) is 2.80. The topological polar surface area (TPSA) is 156 Å². The molecule has 0 atom stereocenters. The Balaban J connectivity index is 2.16. The maximum absolute atomic E-state index is 9.26. The van der Waals surface area contributed by atoms with Gasteiger partial charge in [0.05, 0.1) is 0 Å². The molecule has 0 bridgehead atoms. The largest absolute Gasteiger partial charge is 0.528 e. The van der Waals surface area contributed by atoms with Crippen molar-refractivity contribution in [2.24, 2.45) is 0 Å². The van der Waals surface area contributed by atoms with E-state index >= 15 is 0 Å². The number of aromatic nitrogens is 9. The van der Waals surface area contributed by atoms with Gasteiger partial charge in [0.1, 0.15) is 25.3 Å². The molecule has 0 spiro atoms. The van der Waals surface area contributed by atoms with E-state index in [1.54, 1.807) is 0 Å². The summed E-state index contributed by atoms with van der Waals surface area (Å²) >= 11 is 0. The molecule has 2 N–H and O–H groups in total. The van der Waals surface area contributed by atoms with Gasteiger partial charge in [0.2, 0.25) is 23.3 Å². The fourth-order valence-electron chi connectivity index (χ4n) is 1.42. The summed E-state index contributed by atoms with van der Waals surface area (Å²) in [7, 11) is -1.88. The standard InChI is InChI=1S/C9H6BN9O2/c20-10(21)9-18-7(5-13-1-11-2-14-5)17-8(19-9)6-15-3-12-4-16-6/h1-4,20-21H. The molecule has 0 aromatic carbocycles. The zero-order valence-electron chi connectivity index (χ0n) is 10.3. The van der Waals surface area contributed by atoms with Crippen molar-refractivity contribution < 1.29 is 10.0 Å². The van der Waals surface area contributed by atoms with Crippen LogP contribution in [0.3, 0.4) is 0 Å². The molecule has 102 valence electrons. The first-order valence-corrected chi connectivity index (χ1v) is 5.61. The minimum absolute atomic E-state index is 0.0471. The van der Waals surface area contributed by atoms with E-state index in [4.69, 9.17) is 0 Å². The lowest BCUT2D eigenvalue weighted by Crippen LogP contribution is -2.36. The van der Waals surface area contributed by atoms with Gasteiger partial charge >= 0.3 is 7.12 Å². The number of rotatable bonds is 3. The quantitative estimate of drug-likeness (QED) is 0.480. The first-order valence-electron chi connectivity index (χ1n) is 5.61. The van der Waals surface area contributed by atoms with Gasteiger partial charge in [0.25, 0.3) is 0 Å². The lowest BCUT2D eigenvalue weighted by Gasteiger charge is -2.04. The van der Waals surface area contributed by atoms with E-state index < -0.39 is 7.12 Å². The lowest BCUT2D eigenvalue weighted by atomic mass is 9.91. The Morgan fingerprint density at radius 1 is 0.619 bits per heavy atom. The predicted molar refractivity (Wildman–Crippen MR) is 67.3 cm³/mol. The molecule has 11 nitrogen and oxygen atoms in total. The molecule has 0 aliphatic carbocycles. The Morgan fingerprint density at radius 3 is 1.43 bits per heavy atom. The molecule has 21 heavy (non-hydrogen) atoms. The molecule has 0 aliphatic heterocycles. The molecule has 0 radical (unpaired) electrons. The summed E-state index contributed by atoms with van der Waals surface area (Å²) in [6.07, 6.45) is 5.07. The van der Waals surface area contributed by atoms with E-state index in [2.05, 4.69) is 44.9 Å². The van der Waals surface area contributed by atoms with Gasteiger partial charge in [-0.15, -0.1) is 0 Å². The van der Waals surface area contributed by atoms with Crippen LogP contribution < -0.4 is 5.72 Å². The second-order valence-corrected chi connectivity index (χ2v) is 3.64. The third-order valence-electron chi connectivity index (χ3n) is 2.27. The first-order chi connectivity index (χ1) is 10.2. The van der Waals surface area contributed by atoms with E-state index in [1.165, 1.54) is 25.3 Å². The monoisotopic (exact) mass is 283 g/mol. The highest BCUT2D eigenvalue weighted by molar-refractivity contribution is 6.56. The molecule has 3 heterocycles. The summed E-state index contributed by atoms with van der Waals surface area (Å²) in [5, 5.41) is 18.5. The average Bonchev–Trinajstić information content (AvgIpc) is 2.56. The first kappa shape index (κ1) is 13.0. The van der Waals surface area contributed by atoms with E-state index in [1.807, 2.05) is 0 Å². The molecule has 0 aliphatic rings. The van der Waals surface area contributed by atoms with Crippen LogP contribution in [0.25, 0.3) is 23.3 Å². The van der Waals surface area contributed by atoms with Gasteiger partial charge in [-0.25, -0.2) is 44.9 Å².